The molecule has 0 aliphatic carbocycles. The van der Waals surface area contributed by atoms with Gasteiger partial charge < -0.3 is 9.84 Å². The van der Waals surface area contributed by atoms with E-state index >= 15 is 0 Å². The van der Waals surface area contributed by atoms with E-state index in [1.165, 1.54) is 11.1 Å². The van der Waals surface area contributed by atoms with Crippen molar-refractivity contribution >= 4 is 5.97 Å². The molecule has 0 aromatic heterocycles. The van der Waals surface area contributed by atoms with E-state index in [1.54, 1.807) is 0 Å². The molecule has 1 N–H and O–H groups in total. The van der Waals surface area contributed by atoms with Crippen molar-refractivity contribution in [3.8, 4) is 0 Å². The molecule has 0 saturated carbocycles. The highest BCUT2D eigenvalue weighted by atomic mass is 16.6. The molecule has 3 heteroatoms. The summed E-state index contributed by atoms with van der Waals surface area (Å²) in [5.41, 5.74) is 4.41. The van der Waals surface area contributed by atoms with E-state index in [1.807, 2.05) is 30.3 Å². The molecule has 1 fully saturated rings. The van der Waals surface area contributed by atoms with Gasteiger partial charge in [-0.25, -0.2) is 0 Å². The standard InChI is InChI=1S/C18H18O3/c19-18(20)11-15-7-6-14(10-17-12-21-17)9-16(15)8-13-4-2-1-3-5-13/h1-7,9,17H,8,10-12H2,(H,19,20). The molecule has 1 saturated heterocycles. The van der Waals surface area contributed by atoms with Crippen molar-refractivity contribution in [2.24, 2.45) is 0 Å². The lowest BCUT2D eigenvalue weighted by atomic mass is 9.94. The Balaban J connectivity index is 1.86. The van der Waals surface area contributed by atoms with Crippen molar-refractivity contribution in [3.05, 3.63) is 70.8 Å². The molecule has 1 aliphatic rings. The van der Waals surface area contributed by atoms with Crippen molar-refractivity contribution < 1.29 is 14.6 Å². The van der Waals surface area contributed by atoms with Crippen LogP contribution < -0.4 is 0 Å². The topological polar surface area (TPSA) is 49.8 Å². The normalized spacial score (nSPS) is 16.7. The molecule has 1 atom stereocenters. The summed E-state index contributed by atoms with van der Waals surface area (Å²) in [5, 5.41) is 9.06. The summed E-state index contributed by atoms with van der Waals surface area (Å²) in [5.74, 6) is -0.789. The minimum absolute atomic E-state index is 0.0718. The summed E-state index contributed by atoms with van der Waals surface area (Å²) >= 11 is 0. The van der Waals surface area contributed by atoms with Crippen LogP contribution in [-0.4, -0.2) is 23.8 Å². The van der Waals surface area contributed by atoms with Gasteiger partial charge in [0, 0.05) is 6.42 Å². The van der Waals surface area contributed by atoms with Gasteiger partial charge in [0.05, 0.1) is 19.1 Å². The van der Waals surface area contributed by atoms with Crippen molar-refractivity contribution in [1.82, 2.24) is 0 Å². The first-order valence-corrected chi connectivity index (χ1v) is 7.19. The summed E-state index contributed by atoms with van der Waals surface area (Å²) in [6.45, 7) is 0.838. The van der Waals surface area contributed by atoms with Gasteiger partial charge in [0.2, 0.25) is 0 Å². The first-order chi connectivity index (χ1) is 10.2. The smallest absolute Gasteiger partial charge is 0.307 e. The number of epoxide rings is 1. The van der Waals surface area contributed by atoms with E-state index < -0.39 is 5.97 Å². The Kier molecular flexibility index (Phi) is 4.02. The van der Waals surface area contributed by atoms with Gasteiger partial charge in [-0.2, -0.15) is 0 Å². The Morgan fingerprint density at radius 3 is 2.52 bits per heavy atom. The second-order valence-corrected chi connectivity index (χ2v) is 5.50. The quantitative estimate of drug-likeness (QED) is 0.829. The van der Waals surface area contributed by atoms with Crippen LogP contribution in [0.3, 0.4) is 0 Å². The fraction of sp³-hybridized carbons (Fsp3) is 0.278. The number of hydrogen-bond donors (Lipinski definition) is 1. The second-order valence-electron chi connectivity index (χ2n) is 5.50. The van der Waals surface area contributed by atoms with Crippen LogP contribution in [0.5, 0.6) is 0 Å². The van der Waals surface area contributed by atoms with E-state index in [0.29, 0.717) is 6.10 Å². The molecule has 1 aliphatic heterocycles. The van der Waals surface area contributed by atoms with Crippen LogP contribution in [0.25, 0.3) is 0 Å². The molecule has 0 bridgehead atoms. The van der Waals surface area contributed by atoms with E-state index in [2.05, 4.69) is 18.2 Å². The number of hydrogen-bond acceptors (Lipinski definition) is 2. The maximum atomic E-state index is 11.0. The van der Waals surface area contributed by atoms with Crippen LogP contribution in [0.2, 0.25) is 0 Å². The molecule has 3 rings (SSSR count). The van der Waals surface area contributed by atoms with Gasteiger partial charge in [0.25, 0.3) is 0 Å². The summed E-state index contributed by atoms with van der Waals surface area (Å²) in [7, 11) is 0. The maximum Gasteiger partial charge on any atom is 0.307 e. The third-order valence-electron chi connectivity index (χ3n) is 3.72. The number of rotatable bonds is 6. The average Bonchev–Trinajstić information content (AvgIpc) is 3.26. The molecule has 3 nitrogen and oxygen atoms in total. The predicted molar refractivity (Wildman–Crippen MR) is 80.5 cm³/mol. The molecular weight excluding hydrogens is 264 g/mol. The summed E-state index contributed by atoms with van der Waals surface area (Å²) < 4.78 is 5.27. The predicted octanol–water partition coefficient (Wildman–Crippen LogP) is 2.85. The fourth-order valence-corrected chi connectivity index (χ4v) is 2.57. The molecule has 1 unspecified atom stereocenters. The zero-order valence-corrected chi connectivity index (χ0v) is 11.8. The van der Waals surface area contributed by atoms with Crippen LogP contribution in [0.1, 0.15) is 22.3 Å². The van der Waals surface area contributed by atoms with Gasteiger partial charge >= 0.3 is 5.97 Å². The molecule has 0 radical (unpaired) electrons. The Labute approximate surface area is 124 Å². The zero-order chi connectivity index (χ0) is 14.7. The number of ether oxygens (including phenoxy) is 1. The highest BCUT2D eigenvalue weighted by molar-refractivity contribution is 5.71. The van der Waals surface area contributed by atoms with Crippen LogP contribution in [-0.2, 0) is 28.8 Å². The van der Waals surface area contributed by atoms with Gasteiger partial charge in [-0.15, -0.1) is 0 Å². The SMILES string of the molecule is O=C(O)Cc1ccc(CC2CO2)cc1Cc1ccccc1. The summed E-state index contributed by atoms with van der Waals surface area (Å²) in [4.78, 5) is 11.0. The van der Waals surface area contributed by atoms with Gasteiger partial charge in [-0.3, -0.25) is 4.79 Å². The Morgan fingerprint density at radius 1 is 1.10 bits per heavy atom. The van der Waals surface area contributed by atoms with E-state index in [-0.39, 0.29) is 6.42 Å². The fourth-order valence-electron chi connectivity index (χ4n) is 2.57. The number of benzene rings is 2. The minimum atomic E-state index is -0.789. The Hall–Kier alpha value is -2.13. The van der Waals surface area contributed by atoms with E-state index in [4.69, 9.17) is 9.84 Å². The monoisotopic (exact) mass is 282 g/mol. The van der Waals surface area contributed by atoms with Crippen molar-refractivity contribution in [2.75, 3.05) is 6.61 Å². The van der Waals surface area contributed by atoms with Gasteiger partial charge in [-0.05, 0) is 28.7 Å². The Morgan fingerprint density at radius 2 is 1.86 bits per heavy atom. The molecule has 0 amide bonds. The highest BCUT2D eigenvalue weighted by Crippen LogP contribution is 2.21. The van der Waals surface area contributed by atoms with Gasteiger partial charge in [0.15, 0.2) is 0 Å². The summed E-state index contributed by atoms with van der Waals surface area (Å²) in [6.07, 6.45) is 2.10. The number of carboxylic acids is 1. The van der Waals surface area contributed by atoms with E-state index in [9.17, 15) is 4.79 Å². The van der Waals surface area contributed by atoms with Crippen LogP contribution in [0, 0.1) is 0 Å². The van der Waals surface area contributed by atoms with Crippen LogP contribution in [0.4, 0.5) is 0 Å². The van der Waals surface area contributed by atoms with Crippen molar-refractivity contribution in [2.45, 2.75) is 25.4 Å². The molecular formula is C18H18O3. The lowest BCUT2D eigenvalue weighted by Crippen LogP contribution is -2.05. The first-order valence-electron chi connectivity index (χ1n) is 7.19. The van der Waals surface area contributed by atoms with Crippen molar-refractivity contribution in [1.29, 1.82) is 0 Å². The number of carboxylic acid groups (broad SMARTS) is 1. The third kappa shape index (κ3) is 3.92. The first kappa shape index (κ1) is 13.8. The minimum Gasteiger partial charge on any atom is -0.481 e. The van der Waals surface area contributed by atoms with Gasteiger partial charge in [0.1, 0.15) is 0 Å². The number of aliphatic carboxylic acids is 1. The zero-order valence-electron chi connectivity index (χ0n) is 11.8. The average molecular weight is 282 g/mol. The number of carbonyl (C=O) groups is 1. The highest BCUT2D eigenvalue weighted by Gasteiger charge is 2.23. The molecule has 21 heavy (non-hydrogen) atoms. The molecule has 2 aromatic rings. The van der Waals surface area contributed by atoms with Gasteiger partial charge in [-0.1, -0.05) is 48.5 Å². The van der Waals surface area contributed by atoms with Crippen LogP contribution in [0.15, 0.2) is 48.5 Å². The molecule has 1 heterocycles. The largest absolute Gasteiger partial charge is 0.481 e. The van der Waals surface area contributed by atoms with Crippen LogP contribution >= 0.6 is 0 Å². The molecule has 108 valence electrons. The molecule has 0 spiro atoms. The Bertz CT molecular complexity index is 630. The maximum absolute atomic E-state index is 11.0. The third-order valence-corrected chi connectivity index (χ3v) is 3.72. The van der Waals surface area contributed by atoms with E-state index in [0.717, 1.165) is 30.6 Å². The lowest BCUT2D eigenvalue weighted by molar-refractivity contribution is -0.136. The lowest BCUT2D eigenvalue weighted by Gasteiger charge is -2.11. The van der Waals surface area contributed by atoms with Crippen molar-refractivity contribution in [3.63, 3.8) is 0 Å². The second kappa shape index (κ2) is 6.10. The molecule has 2 aromatic carbocycles. The summed E-state index contributed by atoms with van der Waals surface area (Å²) in [6, 6.07) is 16.2.